The van der Waals surface area contributed by atoms with Crippen LogP contribution in [0.1, 0.15) is 20.8 Å². The van der Waals surface area contributed by atoms with Gasteiger partial charge in [-0.15, -0.1) is 0 Å². The second-order valence-corrected chi connectivity index (χ2v) is 4.38. The van der Waals surface area contributed by atoms with Crippen LogP contribution in [-0.2, 0) is 4.79 Å². The normalized spacial score (nSPS) is 10.9. The molecule has 0 spiro atoms. The van der Waals surface area contributed by atoms with E-state index in [1.165, 1.54) is 6.08 Å². The summed E-state index contributed by atoms with van der Waals surface area (Å²) in [5, 5.41) is 0. The van der Waals surface area contributed by atoms with E-state index >= 15 is 0 Å². The van der Waals surface area contributed by atoms with Crippen molar-refractivity contribution in [3.05, 3.63) is 43.0 Å². The number of benzene rings is 1. The maximum absolute atomic E-state index is 11.8. The van der Waals surface area contributed by atoms with Gasteiger partial charge < -0.3 is 4.90 Å². The Balaban J connectivity index is 3.13. The van der Waals surface area contributed by atoms with E-state index in [0.717, 1.165) is 5.69 Å². The fourth-order valence-electron chi connectivity index (χ4n) is 1.51. The third-order valence-corrected chi connectivity index (χ3v) is 2.08. The molecule has 1 aromatic rings. The van der Waals surface area contributed by atoms with Crippen LogP contribution in [0, 0.1) is 0 Å². The first kappa shape index (κ1) is 11.5. The van der Waals surface area contributed by atoms with Crippen LogP contribution in [0.4, 0.5) is 5.69 Å². The minimum atomic E-state index is -0.243. The lowest BCUT2D eigenvalue weighted by molar-refractivity contribution is -0.115. The fraction of sp³-hybridized carbons (Fsp3) is 0.308. The topological polar surface area (TPSA) is 20.3 Å². The zero-order chi connectivity index (χ0) is 11.5. The van der Waals surface area contributed by atoms with Crippen LogP contribution in [0.15, 0.2) is 43.0 Å². The van der Waals surface area contributed by atoms with Gasteiger partial charge in [-0.2, -0.15) is 0 Å². The molecule has 0 heterocycles. The second-order valence-electron chi connectivity index (χ2n) is 4.38. The molecule has 0 aliphatic carbocycles. The predicted molar refractivity (Wildman–Crippen MR) is 63.9 cm³/mol. The first-order valence-corrected chi connectivity index (χ1v) is 4.98. The van der Waals surface area contributed by atoms with E-state index in [2.05, 4.69) is 6.58 Å². The van der Waals surface area contributed by atoms with Crippen molar-refractivity contribution in [3.8, 4) is 0 Å². The summed E-state index contributed by atoms with van der Waals surface area (Å²) in [6, 6.07) is 9.62. The number of amides is 1. The lowest BCUT2D eigenvalue weighted by Crippen LogP contribution is -2.45. The molecule has 80 valence electrons. The average Bonchev–Trinajstić information content (AvgIpc) is 2.17. The van der Waals surface area contributed by atoms with Crippen molar-refractivity contribution in [2.75, 3.05) is 4.90 Å². The van der Waals surface area contributed by atoms with Crippen LogP contribution in [0.25, 0.3) is 0 Å². The summed E-state index contributed by atoms with van der Waals surface area (Å²) < 4.78 is 0. The number of carbonyl (C=O) groups excluding carboxylic acids is 1. The Labute approximate surface area is 91.2 Å². The molecule has 0 unspecified atom stereocenters. The Hall–Kier alpha value is -1.57. The molecule has 0 aliphatic rings. The third-order valence-electron chi connectivity index (χ3n) is 2.08. The number of para-hydroxylation sites is 1. The molecule has 0 atom stereocenters. The molecule has 0 saturated carbocycles. The molecule has 1 aromatic carbocycles. The molecule has 0 bridgehead atoms. The highest BCUT2D eigenvalue weighted by Gasteiger charge is 2.25. The number of nitrogens with zero attached hydrogens (tertiary/aromatic N) is 1. The monoisotopic (exact) mass is 203 g/mol. The summed E-state index contributed by atoms with van der Waals surface area (Å²) in [6.45, 7) is 9.53. The van der Waals surface area contributed by atoms with Crippen LogP contribution >= 0.6 is 0 Å². The molecular weight excluding hydrogens is 186 g/mol. The van der Waals surface area contributed by atoms with Crippen LogP contribution in [0.5, 0.6) is 0 Å². The van der Waals surface area contributed by atoms with E-state index < -0.39 is 0 Å². The third kappa shape index (κ3) is 2.69. The summed E-state index contributed by atoms with van der Waals surface area (Å²) in [7, 11) is 0. The molecule has 0 saturated heterocycles. The minimum Gasteiger partial charge on any atom is -0.304 e. The van der Waals surface area contributed by atoms with Crippen molar-refractivity contribution in [2.24, 2.45) is 0 Å². The quantitative estimate of drug-likeness (QED) is 0.677. The van der Waals surface area contributed by atoms with E-state index in [9.17, 15) is 4.79 Å². The van der Waals surface area contributed by atoms with E-state index in [1.54, 1.807) is 4.90 Å². The van der Waals surface area contributed by atoms with Gasteiger partial charge in [-0.3, -0.25) is 4.79 Å². The van der Waals surface area contributed by atoms with Crippen molar-refractivity contribution in [2.45, 2.75) is 26.3 Å². The van der Waals surface area contributed by atoms with Gasteiger partial charge in [0.1, 0.15) is 0 Å². The Morgan fingerprint density at radius 1 is 1.27 bits per heavy atom. The first-order chi connectivity index (χ1) is 6.96. The molecule has 0 N–H and O–H groups in total. The molecule has 2 nitrogen and oxygen atoms in total. The predicted octanol–water partition coefficient (Wildman–Crippen LogP) is 3.00. The van der Waals surface area contributed by atoms with Gasteiger partial charge in [0.25, 0.3) is 5.91 Å². The van der Waals surface area contributed by atoms with E-state index in [0.29, 0.717) is 0 Å². The molecule has 1 amide bonds. The van der Waals surface area contributed by atoms with Crippen LogP contribution in [-0.4, -0.2) is 11.4 Å². The Morgan fingerprint density at radius 3 is 2.20 bits per heavy atom. The molecule has 0 aromatic heterocycles. The number of hydrogen-bond donors (Lipinski definition) is 0. The van der Waals surface area contributed by atoms with Gasteiger partial charge in [0.2, 0.25) is 0 Å². The summed E-state index contributed by atoms with van der Waals surface area (Å²) in [5.74, 6) is -0.0753. The molecule has 1 rings (SSSR count). The smallest absolute Gasteiger partial charge is 0.250 e. The maximum atomic E-state index is 11.8. The largest absolute Gasteiger partial charge is 0.304 e. The van der Waals surface area contributed by atoms with Gasteiger partial charge in [0.05, 0.1) is 0 Å². The van der Waals surface area contributed by atoms with Gasteiger partial charge in [-0.25, -0.2) is 0 Å². The Morgan fingerprint density at radius 2 is 1.80 bits per heavy atom. The van der Waals surface area contributed by atoms with Crippen molar-refractivity contribution in [1.29, 1.82) is 0 Å². The fourth-order valence-corrected chi connectivity index (χ4v) is 1.51. The average molecular weight is 203 g/mol. The van der Waals surface area contributed by atoms with E-state index in [4.69, 9.17) is 0 Å². The SMILES string of the molecule is C=CC(=O)N(c1ccccc1)C(C)(C)C. The highest BCUT2D eigenvalue weighted by molar-refractivity contribution is 6.02. The Kier molecular flexibility index (Phi) is 3.30. The van der Waals surface area contributed by atoms with Crippen LogP contribution in [0.3, 0.4) is 0 Å². The standard InChI is InChI=1S/C13H17NO/c1-5-12(15)14(13(2,3)4)11-9-7-6-8-10-11/h5-10H,1H2,2-4H3. The summed E-state index contributed by atoms with van der Waals surface area (Å²) in [6.07, 6.45) is 1.35. The van der Waals surface area contributed by atoms with Gasteiger partial charge >= 0.3 is 0 Å². The lowest BCUT2D eigenvalue weighted by Gasteiger charge is -2.34. The lowest BCUT2D eigenvalue weighted by atomic mass is 10.0. The van der Waals surface area contributed by atoms with E-state index in [-0.39, 0.29) is 11.4 Å². The highest BCUT2D eigenvalue weighted by Crippen LogP contribution is 2.23. The van der Waals surface area contributed by atoms with Gasteiger partial charge in [-0.1, -0.05) is 24.8 Å². The molecule has 0 fully saturated rings. The van der Waals surface area contributed by atoms with Crippen LogP contribution < -0.4 is 4.90 Å². The summed E-state index contributed by atoms with van der Waals surface area (Å²) in [4.78, 5) is 13.5. The molecule has 0 radical (unpaired) electrons. The zero-order valence-corrected chi connectivity index (χ0v) is 9.53. The molecule has 15 heavy (non-hydrogen) atoms. The van der Waals surface area contributed by atoms with E-state index in [1.807, 2.05) is 51.1 Å². The summed E-state index contributed by atoms with van der Waals surface area (Å²) in [5.41, 5.74) is 0.655. The number of carbonyl (C=O) groups is 1. The van der Waals surface area contributed by atoms with Crippen molar-refractivity contribution in [3.63, 3.8) is 0 Å². The van der Waals surface area contributed by atoms with Gasteiger partial charge in [-0.05, 0) is 39.0 Å². The second kappa shape index (κ2) is 4.30. The maximum Gasteiger partial charge on any atom is 0.250 e. The highest BCUT2D eigenvalue weighted by atomic mass is 16.2. The Bertz CT molecular complexity index is 349. The number of rotatable bonds is 2. The van der Waals surface area contributed by atoms with Gasteiger partial charge in [0, 0.05) is 11.2 Å². The molecule has 2 heteroatoms. The number of hydrogen-bond acceptors (Lipinski definition) is 1. The molecule has 0 aliphatic heterocycles. The summed E-state index contributed by atoms with van der Waals surface area (Å²) >= 11 is 0. The molecular formula is C13H17NO. The first-order valence-electron chi connectivity index (χ1n) is 4.98. The van der Waals surface area contributed by atoms with Crippen molar-refractivity contribution in [1.82, 2.24) is 0 Å². The zero-order valence-electron chi connectivity index (χ0n) is 9.53. The number of anilines is 1. The van der Waals surface area contributed by atoms with Crippen LogP contribution in [0.2, 0.25) is 0 Å². The van der Waals surface area contributed by atoms with Gasteiger partial charge in [0.15, 0.2) is 0 Å². The minimum absolute atomic E-state index is 0.0753. The van der Waals surface area contributed by atoms with Crippen molar-refractivity contribution >= 4 is 11.6 Å². The van der Waals surface area contributed by atoms with Crippen molar-refractivity contribution < 1.29 is 4.79 Å².